The molecule has 5 nitrogen and oxygen atoms in total. The average Bonchev–Trinajstić information content (AvgIpc) is 3.30. The van der Waals surface area contributed by atoms with Crippen LogP contribution < -0.4 is 10.1 Å². The average molecular weight is 469 g/mol. The first-order valence-electron chi connectivity index (χ1n) is 11.6. The van der Waals surface area contributed by atoms with Gasteiger partial charge in [-0.25, -0.2) is 0 Å². The fourth-order valence-corrected chi connectivity index (χ4v) is 3.75. The third kappa shape index (κ3) is 8.18. The normalized spacial score (nSPS) is 18.3. The van der Waals surface area contributed by atoms with Gasteiger partial charge in [0.1, 0.15) is 5.75 Å². The SMILES string of the molecule is C/C=C(\N=C(C(C)CC)C1CCCN1)c1ccc(OCCCCOC(C)=O)c(C(F)(F)F)c1. The minimum absolute atomic E-state index is 0.101. The molecule has 2 atom stereocenters. The van der Waals surface area contributed by atoms with Gasteiger partial charge in [0.15, 0.2) is 0 Å². The molecule has 1 aliphatic rings. The van der Waals surface area contributed by atoms with Crippen LogP contribution in [0.3, 0.4) is 0 Å². The molecule has 1 aromatic rings. The van der Waals surface area contributed by atoms with Gasteiger partial charge in [-0.15, -0.1) is 0 Å². The number of esters is 1. The number of nitrogens with one attached hydrogen (secondary N) is 1. The van der Waals surface area contributed by atoms with E-state index in [2.05, 4.69) is 19.2 Å². The highest BCUT2D eigenvalue weighted by atomic mass is 19.4. The number of hydrogen-bond donors (Lipinski definition) is 1. The lowest BCUT2D eigenvalue weighted by molar-refractivity contribution is -0.141. The van der Waals surface area contributed by atoms with Crippen LogP contribution in [0.15, 0.2) is 29.3 Å². The number of ether oxygens (including phenoxy) is 2. The molecule has 2 rings (SSSR count). The van der Waals surface area contributed by atoms with E-state index in [4.69, 9.17) is 14.5 Å². The van der Waals surface area contributed by atoms with Crippen molar-refractivity contribution < 1.29 is 27.4 Å². The van der Waals surface area contributed by atoms with E-state index in [1.54, 1.807) is 19.1 Å². The standard InChI is InChI=1S/C25H35F3N2O3/c1-5-17(3)24(22-10-9-13-29-22)30-21(6-2)19-11-12-23(20(16-19)25(26,27)28)33-15-8-7-14-32-18(4)31/h6,11-12,16-17,22,29H,5,7-10,13-15H2,1-4H3/b21-6-,30-24?. The number of aliphatic imine (C=N–C) groups is 1. The largest absolute Gasteiger partial charge is 0.493 e. The number of nitrogens with zero attached hydrogens (tertiary/aromatic N) is 1. The first-order chi connectivity index (χ1) is 15.7. The summed E-state index contributed by atoms with van der Waals surface area (Å²) in [6.07, 6.45) is 1.15. The highest BCUT2D eigenvalue weighted by Gasteiger charge is 2.35. The van der Waals surface area contributed by atoms with Crippen LogP contribution in [0.5, 0.6) is 5.75 Å². The van der Waals surface area contributed by atoms with Crippen molar-refractivity contribution in [2.45, 2.75) is 72.0 Å². The summed E-state index contributed by atoms with van der Waals surface area (Å²) in [6, 6.07) is 4.26. The number of unbranched alkanes of at least 4 members (excludes halogenated alkanes) is 1. The molecule has 1 aromatic carbocycles. The molecule has 1 aliphatic heterocycles. The smallest absolute Gasteiger partial charge is 0.419 e. The Labute approximate surface area is 194 Å². The molecule has 2 unspecified atom stereocenters. The Hall–Kier alpha value is -2.35. The van der Waals surface area contributed by atoms with Gasteiger partial charge < -0.3 is 14.8 Å². The van der Waals surface area contributed by atoms with E-state index >= 15 is 0 Å². The predicted molar refractivity (Wildman–Crippen MR) is 124 cm³/mol. The van der Waals surface area contributed by atoms with Crippen molar-refractivity contribution in [3.8, 4) is 5.75 Å². The van der Waals surface area contributed by atoms with E-state index in [1.807, 2.05) is 0 Å². The molecule has 1 saturated heterocycles. The van der Waals surface area contributed by atoms with Crippen molar-refractivity contribution in [2.75, 3.05) is 19.8 Å². The Bertz CT molecular complexity index is 844. The predicted octanol–water partition coefficient (Wildman–Crippen LogP) is 6.03. The quantitative estimate of drug-likeness (QED) is 0.245. The lowest BCUT2D eigenvalue weighted by Crippen LogP contribution is -2.34. The summed E-state index contributed by atoms with van der Waals surface area (Å²) in [5, 5.41) is 3.46. The number of benzene rings is 1. The van der Waals surface area contributed by atoms with Crippen LogP contribution in [0, 0.1) is 5.92 Å². The third-order valence-corrected chi connectivity index (χ3v) is 5.74. The Balaban J connectivity index is 2.23. The highest BCUT2D eigenvalue weighted by molar-refractivity contribution is 5.95. The Kier molecular flexibility index (Phi) is 10.4. The number of alkyl halides is 3. The second kappa shape index (κ2) is 12.8. The van der Waals surface area contributed by atoms with E-state index in [-0.39, 0.29) is 36.9 Å². The van der Waals surface area contributed by atoms with E-state index in [1.165, 1.54) is 13.0 Å². The highest BCUT2D eigenvalue weighted by Crippen LogP contribution is 2.38. The number of rotatable bonds is 11. The van der Waals surface area contributed by atoms with Crippen LogP contribution in [-0.4, -0.2) is 37.5 Å². The van der Waals surface area contributed by atoms with Gasteiger partial charge in [-0.3, -0.25) is 9.79 Å². The molecular weight excluding hydrogens is 433 g/mol. The summed E-state index contributed by atoms with van der Waals surface area (Å²) >= 11 is 0. The summed E-state index contributed by atoms with van der Waals surface area (Å²) in [5.41, 5.74) is 1.10. The molecule has 0 spiro atoms. The topological polar surface area (TPSA) is 59.9 Å². The number of carbonyl (C=O) groups excluding carboxylic acids is 1. The van der Waals surface area contributed by atoms with Gasteiger partial charge in [-0.05, 0) is 69.7 Å². The van der Waals surface area contributed by atoms with E-state index < -0.39 is 11.7 Å². The Morgan fingerprint density at radius 3 is 2.61 bits per heavy atom. The third-order valence-electron chi connectivity index (χ3n) is 5.74. The van der Waals surface area contributed by atoms with Gasteiger partial charge in [0.05, 0.1) is 24.5 Å². The Morgan fingerprint density at radius 1 is 1.30 bits per heavy atom. The van der Waals surface area contributed by atoms with Crippen molar-refractivity contribution in [2.24, 2.45) is 10.9 Å². The van der Waals surface area contributed by atoms with Crippen molar-refractivity contribution >= 4 is 17.4 Å². The van der Waals surface area contributed by atoms with E-state index in [0.717, 1.165) is 37.6 Å². The zero-order chi connectivity index (χ0) is 24.4. The van der Waals surface area contributed by atoms with Crippen LogP contribution in [0.1, 0.15) is 70.9 Å². The Morgan fingerprint density at radius 2 is 2.03 bits per heavy atom. The van der Waals surface area contributed by atoms with Crippen molar-refractivity contribution in [3.63, 3.8) is 0 Å². The van der Waals surface area contributed by atoms with Crippen LogP contribution in [-0.2, 0) is 15.7 Å². The van der Waals surface area contributed by atoms with Gasteiger partial charge in [-0.2, -0.15) is 13.2 Å². The summed E-state index contributed by atoms with van der Waals surface area (Å²) in [7, 11) is 0. The van der Waals surface area contributed by atoms with Crippen molar-refractivity contribution in [3.05, 3.63) is 35.4 Å². The number of carbonyl (C=O) groups is 1. The molecule has 0 bridgehead atoms. The molecule has 0 aliphatic carbocycles. The fraction of sp³-hybridized carbons (Fsp3) is 0.600. The minimum Gasteiger partial charge on any atom is -0.493 e. The molecular formula is C25H35F3N2O3. The van der Waals surface area contributed by atoms with Crippen molar-refractivity contribution in [1.29, 1.82) is 0 Å². The van der Waals surface area contributed by atoms with Crippen LogP contribution in [0.25, 0.3) is 5.70 Å². The first-order valence-corrected chi connectivity index (χ1v) is 11.6. The molecule has 0 saturated carbocycles. The second-order valence-corrected chi connectivity index (χ2v) is 8.27. The lowest BCUT2D eigenvalue weighted by Gasteiger charge is -2.21. The summed E-state index contributed by atoms with van der Waals surface area (Å²) in [6.45, 7) is 8.54. The zero-order valence-electron chi connectivity index (χ0n) is 19.9. The molecule has 0 amide bonds. The van der Waals surface area contributed by atoms with E-state index in [0.29, 0.717) is 24.1 Å². The molecule has 8 heteroatoms. The van der Waals surface area contributed by atoms with Crippen LogP contribution >= 0.6 is 0 Å². The second-order valence-electron chi connectivity index (χ2n) is 8.27. The van der Waals surface area contributed by atoms with Gasteiger partial charge in [0.25, 0.3) is 0 Å². The molecule has 33 heavy (non-hydrogen) atoms. The first kappa shape index (κ1) is 26.9. The summed E-state index contributed by atoms with van der Waals surface area (Å²) in [5.74, 6) is -0.362. The number of hydrogen-bond acceptors (Lipinski definition) is 5. The molecule has 0 aromatic heterocycles. The maximum Gasteiger partial charge on any atom is 0.419 e. The molecule has 1 fully saturated rings. The van der Waals surface area contributed by atoms with Gasteiger partial charge in [0.2, 0.25) is 0 Å². The van der Waals surface area contributed by atoms with Gasteiger partial charge >= 0.3 is 12.1 Å². The summed E-state index contributed by atoms with van der Waals surface area (Å²) in [4.78, 5) is 15.6. The maximum atomic E-state index is 13.8. The fourth-order valence-electron chi connectivity index (χ4n) is 3.75. The van der Waals surface area contributed by atoms with Gasteiger partial charge in [0, 0.05) is 24.2 Å². The molecule has 0 radical (unpaired) electrons. The van der Waals surface area contributed by atoms with Crippen LogP contribution in [0.2, 0.25) is 0 Å². The monoisotopic (exact) mass is 468 g/mol. The number of halogens is 3. The maximum absolute atomic E-state index is 13.8. The lowest BCUT2D eigenvalue weighted by atomic mass is 9.95. The van der Waals surface area contributed by atoms with Crippen molar-refractivity contribution in [1.82, 2.24) is 5.32 Å². The summed E-state index contributed by atoms with van der Waals surface area (Å²) < 4.78 is 51.7. The zero-order valence-corrected chi connectivity index (χ0v) is 19.9. The molecule has 1 N–H and O–H groups in total. The molecule has 184 valence electrons. The van der Waals surface area contributed by atoms with E-state index in [9.17, 15) is 18.0 Å². The van der Waals surface area contributed by atoms with Gasteiger partial charge in [-0.1, -0.05) is 19.9 Å². The minimum atomic E-state index is -4.56. The number of allylic oxidation sites excluding steroid dienone is 1. The molecule has 1 heterocycles. The van der Waals surface area contributed by atoms with Crippen LogP contribution in [0.4, 0.5) is 13.2 Å².